The number of anilines is 1. The van der Waals surface area contributed by atoms with E-state index in [1.807, 2.05) is 29.3 Å². The Morgan fingerprint density at radius 3 is 2.64 bits per heavy atom. The fourth-order valence-electron chi connectivity index (χ4n) is 4.02. The van der Waals surface area contributed by atoms with Gasteiger partial charge in [0.05, 0.1) is 5.92 Å². The smallest absolute Gasteiger partial charge is 0.223 e. The Hall–Kier alpha value is -2.63. The number of likely N-dealkylation sites (tertiary alicyclic amines) is 1. The number of hydrogen-bond donors (Lipinski definition) is 1. The van der Waals surface area contributed by atoms with E-state index in [-0.39, 0.29) is 30.2 Å². The van der Waals surface area contributed by atoms with Crippen molar-refractivity contribution >= 4 is 28.4 Å². The number of benzene rings is 1. The highest BCUT2D eigenvalue weighted by Crippen LogP contribution is 2.30. The third-order valence-electron chi connectivity index (χ3n) is 5.42. The summed E-state index contributed by atoms with van der Waals surface area (Å²) in [6, 6.07) is 10.5. The normalized spacial score (nSPS) is 21.9. The first-order chi connectivity index (χ1) is 12.1. The van der Waals surface area contributed by atoms with E-state index >= 15 is 0 Å². The van der Waals surface area contributed by atoms with E-state index in [9.17, 15) is 9.59 Å². The largest absolute Gasteiger partial charge is 0.369 e. The first kappa shape index (κ1) is 15.9. The molecule has 0 saturated carbocycles. The van der Waals surface area contributed by atoms with Gasteiger partial charge in [-0.05, 0) is 24.3 Å². The zero-order valence-corrected chi connectivity index (χ0v) is 14.1. The third-order valence-corrected chi connectivity index (χ3v) is 5.42. The lowest BCUT2D eigenvalue weighted by Gasteiger charge is -2.37. The molecule has 2 fully saturated rings. The summed E-state index contributed by atoms with van der Waals surface area (Å²) in [5.74, 6) is 0.378. The number of carbonyl (C=O) groups excluding carboxylic acids is 2. The van der Waals surface area contributed by atoms with Crippen molar-refractivity contribution in [3.05, 3.63) is 36.5 Å². The molecular weight excluding hydrogens is 316 g/mol. The number of piperidine rings is 1. The lowest BCUT2D eigenvalue weighted by atomic mass is 10.0. The number of amides is 2. The number of nitrogens with zero attached hydrogens (tertiary/aromatic N) is 3. The SMILES string of the molecule is NC(=O)C1CC(=O)N(C2CCN(c3nccc4ccccc34)CC2)C1. The summed E-state index contributed by atoms with van der Waals surface area (Å²) < 4.78 is 0. The highest BCUT2D eigenvalue weighted by Gasteiger charge is 2.38. The molecule has 1 aromatic heterocycles. The van der Waals surface area contributed by atoms with Crippen LogP contribution in [0.4, 0.5) is 5.82 Å². The number of fused-ring (bicyclic) bond motifs is 1. The Kier molecular flexibility index (Phi) is 4.03. The summed E-state index contributed by atoms with van der Waals surface area (Å²) in [6.07, 6.45) is 3.90. The van der Waals surface area contributed by atoms with Gasteiger partial charge in [-0.15, -0.1) is 0 Å². The standard InChI is InChI=1S/C19H22N4O2/c20-18(25)14-11-17(24)23(12-14)15-6-9-22(10-7-15)19-16-4-2-1-3-13(16)5-8-21-19/h1-5,8,14-15H,6-7,9-12H2,(H2,20,25). The molecule has 6 heteroatoms. The minimum atomic E-state index is -0.367. The van der Waals surface area contributed by atoms with Crippen LogP contribution >= 0.6 is 0 Å². The summed E-state index contributed by atoms with van der Waals surface area (Å²) in [5, 5.41) is 2.35. The molecule has 2 amide bonds. The fourth-order valence-corrected chi connectivity index (χ4v) is 4.02. The molecule has 130 valence electrons. The molecule has 2 N–H and O–H groups in total. The number of pyridine rings is 1. The molecule has 1 atom stereocenters. The number of rotatable bonds is 3. The van der Waals surface area contributed by atoms with Crippen molar-refractivity contribution in [1.82, 2.24) is 9.88 Å². The van der Waals surface area contributed by atoms with Crippen molar-refractivity contribution in [2.45, 2.75) is 25.3 Å². The molecular formula is C19H22N4O2. The van der Waals surface area contributed by atoms with Gasteiger partial charge in [0.15, 0.2) is 0 Å². The summed E-state index contributed by atoms with van der Waals surface area (Å²) in [6.45, 7) is 2.19. The van der Waals surface area contributed by atoms with Crippen molar-refractivity contribution in [2.24, 2.45) is 11.7 Å². The Labute approximate surface area is 146 Å². The summed E-state index contributed by atoms with van der Waals surface area (Å²) in [7, 11) is 0. The molecule has 0 bridgehead atoms. The fraction of sp³-hybridized carbons (Fsp3) is 0.421. The average Bonchev–Trinajstić information content (AvgIpc) is 3.03. The van der Waals surface area contributed by atoms with Crippen LogP contribution in [0.2, 0.25) is 0 Å². The Morgan fingerprint density at radius 1 is 1.16 bits per heavy atom. The predicted molar refractivity (Wildman–Crippen MR) is 96.0 cm³/mol. The summed E-state index contributed by atoms with van der Waals surface area (Å²) in [4.78, 5) is 32.3. The van der Waals surface area contributed by atoms with Crippen LogP contribution in [0, 0.1) is 5.92 Å². The molecule has 4 rings (SSSR count). The number of carbonyl (C=O) groups is 2. The van der Waals surface area contributed by atoms with E-state index in [2.05, 4.69) is 22.0 Å². The maximum Gasteiger partial charge on any atom is 0.223 e. The Bertz CT molecular complexity index is 809. The Balaban J connectivity index is 1.47. The van der Waals surface area contributed by atoms with Crippen molar-refractivity contribution in [1.29, 1.82) is 0 Å². The van der Waals surface area contributed by atoms with E-state index in [4.69, 9.17) is 5.73 Å². The second kappa shape index (κ2) is 6.35. The number of aromatic nitrogens is 1. The predicted octanol–water partition coefficient (Wildman–Crippen LogP) is 1.54. The van der Waals surface area contributed by atoms with E-state index < -0.39 is 0 Å². The van der Waals surface area contributed by atoms with Gasteiger partial charge in [-0.25, -0.2) is 4.98 Å². The van der Waals surface area contributed by atoms with Gasteiger partial charge >= 0.3 is 0 Å². The van der Waals surface area contributed by atoms with E-state index in [1.54, 1.807) is 0 Å². The van der Waals surface area contributed by atoms with Gasteiger partial charge in [-0.1, -0.05) is 24.3 Å². The molecule has 0 spiro atoms. The van der Waals surface area contributed by atoms with Crippen LogP contribution in [0.5, 0.6) is 0 Å². The van der Waals surface area contributed by atoms with Crippen molar-refractivity contribution in [2.75, 3.05) is 24.5 Å². The van der Waals surface area contributed by atoms with Crippen molar-refractivity contribution in [3.8, 4) is 0 Å². The van der Waals surface area contributed by atoms with Gasteiger partial charge in [0.25, 0.3) is 0 Å². The maximum absolute atomic E-state index is 12.2. The van der Waals surface area contributed by atoms with Crippen LogP contribution in [0.15, 0.2) is 36.5 Å². The van der Waals surface area contributed by atoms with Crippen LogP contribution in [-0.2, 0) is 9.59 Å². The number of nitrogens with two attached hydrogens (primary N) is 1. The molecule has 2 aromatic rings. The van der Waals surface area contributed by atoms with Crippen LogP contribution in [0.1, 0.15) is 19.3 Å². The second-order valence-electron chi connectivity index (χ2n) is 6.92. The molecule has 25 heavy (non-hydrogen) atoms. The molecule has 2 aliphatic rings. The second-order valence-corrected chi connectivity index (χ2v) is 6.92. The molecule has 0 aliphatic carbocycles. The third kappa shape index (κ3) is 2.92. The number of primary amides is 1. The lowest BCUT2D eigenvalue weighted by Crippen LogP contribution is -2.46. The first-order valence-electron chi connectivity index (χ1n) is 8.81. The van der Waals surface area contributed by atoms with Crippen LogP contribution in [0.3, 0.4) is 0 Å². The quantitative estimate of drug-likeness (QED) is 0.920. The van der Waals surface area contributed by atoms with Crippen molar-refractivity contribution in [3.63, 3.8) is 0 Å². The van der Waals surface area contributed by atoms with Crippen LogP contribution in [-0.4, -0.2) is 47.4 Å². The molecule has 0 radical (unpaired) electrons. The molecule has 2 aliphatic heterocycles. The van der Waals surface area contributed by atoms with Gasteiger partial charge in [0.2, 0.25) is 11.8 Å². The topological polar surface area (TPSA) is 79.5 Å². The molecule has 1 unspecified atom stereocenters. The maximum atomic E-state index is 12.2. The monoisotopic (exact) mass is 338 g/mol. The lowest BCUT2D eigenvalue weighted by molar-refractivity contribution is -0.130. The van der Waals surface area contributed by atoms with Crippen LogP contribution < -0.4 is 10.6 Å². The summed E-state index contributed by atoms with van der Waals surface area (Å²) in [5.41, 5.74) is 5.37. The number of hydrogen-bond acceptors (Lipinski definition) is 4. The van der Waals surface area contributed by atoms with E-state index in [1.165, 1.54) is 5.39 Å². The molecule has 2 saturated heterocycles. The minimum Gasteiger partial charge on any atom is -0.369 e. The molecule has 3 heterocycles. The highest BCUT2D eigenvalue weighted by molar-refractivity contribution is 5.92. The average molecular weight is 338 g/mol. The molecule has 6 nitrogen and oxygen atoms in total. The van der Waals surface area contributed by atoms with Gasteiger partial charge in [0, 0.05) is 43.7 Å². The highest BCUT2D eigenvalue weighted by atomic mass is 16.2. The minimum absolute atomic E-state index is 0.0607. The Morgan fingerprint density at radius 2 is 1.92 bits per heavy atom. The summed E-state index contributed by atoms with van der Waals surface area (Å²) >= 11 is 0. The zero-order chi connectivity index (χ0) is 17.4. The van der Waals surface area contributed by atoms with Gasteiger partial charge in [-0.2, -0.15) is 0 Å². The van der Waals surface area contributed by atoms with Crippen LogP contribution in [0.25, 0.3) is 10.8 Å². The van der Waals surface area contributed by atoms with Gasteiger partial charge < -0.3 is 15.5 Å². The van der Waals surface area contributed by atoms with Gasteiger partial charge in [0.1, 0.15) is 5.82 Å². The van der Waals surface area contributed by atoms with E-state index in [0.29, 0.717) is 6.54 Å². The van der Waals surface area contributed by atoms with E-state index in [0.717, 1.165) is 37.1 Å². The first-order valence-corrected chi connectivity index (χ1v) is 8.81. The molecule has 1 aromatic carbocycles. The van der Waals surface area contributed by atoms with Crippen molar-refractivity contribution < 1.29 is 9.59 Å². The zero-order valence-electron chi connectivity index (χ0n) is 14.1. The van der Waals surface area contributed by atoms with Gasteiger partial charge in [-0.3, -0.25) is 9.59 Å².